The Hall–Kier alpha value is -2.72. The molecule has 166 valence electrons. The smallest absolute Gasteiger partial charge is 0.416 e. The lowest BCUT2D eigenvalue weighted by Crippen LogP contribution is -2.36. The second-order valence-corrected chi connectivity index (χ2v) is 8.95. The molecule has 0 saturated carbocycles. The molecule has 0 atom stereocenters. The SMILES string of the molecule is O=C(COC(=O)c1ccccc1S(=O)(=O)N1CCCCC1)c1cccc(C(F)(F)F)c1. The second kappa shape index (κ2) is 9.19. The van der Waals surface area contributed by atoms with Crippen LogP contribution in [-0.4, -0.2) is 44.2 Å². The van der Waals surface area contributed by atoms with Gasteiger partial charge in [-0.15, -0.1) is 0 Å². The number of Topliss-reactive ketones (excluding diaryl/α,β-unsaturated/α-hetero) is 1. The van der Waals surface area contributed by atoms with Crippen LogP contribution in [0.3, 0.4) is 0 Å². The van der Waals surface area contributed by atoms with E-state index in [1.807, 2.05) is 0 Å². The van der Waals surface area contributed by atoms with Gasteiger partial charge in [-0.3, -0.25) is 4.79 Å². The third-order valence-corrected chi connectivity index (χ3v) is 6.84. The number of rotatable bonds is 6. The van der Waals surface area contributed by atoms with E-state index in [9.17, 15) is 31.2 Å². The van der Waals surface area contributed by atoms with E-state index >= 15 is 0 Å². The first-order chi connectivity index (χ1) is 14.6. The molecule has 0 aromatic heterocycles. The van der Waals surface area contributed by atoms with Crippen LogP contribution in [0.1, 0.15) is 45.5 Å². The van der Waals surface area contributed by atoms with Gasteiger partial charge >= 0.3 is 12.1 Å². The van der Waals surface area contributed by atoms with Gasteiger partial charge in [0.1, 0.15) is 0 Å². The van der Waals surface area contributed by atoms with Crippen LogP contribution in [0.25, 0.3) is 0 Å². The van der Waals surface area contributed by atoms with Crippen LogP contribution in [-0.2, 0) is 20.9 Å². The number of nitrogens with zero attached hydrogens (tertiary/aromatic N) is 1. The minimum Gasteiger partial charge on any atom is -0.454 e. The molecule has 0 bridgehead atoms. The molecule has 10 heteroatoms. The Kier molecular flexibility index (Phi) is 6.80. The lowest BCUT2D eigenvalue weighted by Gasteiger charge is -2.26. The fourth-order valence-electron chi connectivity index (χ4n) is 3.27. The molecule has 0 unspecified atom stereocenters. The lowest BCUT2D eigenvalue weighted by molar-refractivity contribution is -0.137. The molecule has 31 heavy (non-hydrogen) atoms. The Labute approximate surface area is 177 Å². The largest absolute Gasteiger partial charge is 0.454 e. The number of hydrogen-bond acceptors (Lipinski definition) is 5. The van der Waals surface area contributed by atoms with E-state index in [0.717, 1.165) is 31.4 Å². The Bertz CT molecular complexity index is 1080. The molecule has 3 rings (SSSR count). The summed E-state index contributed by atoms with van der Waals surface area (Å²) in [5, 5.41) is 0. The van der Waals surface area contributed by atoms with Crippen molar-refractivity contribution in [1.29, 1.82) is 0 Å². The number of piperidine rings is 1. The molecule has 1 fully saturated rings. The molecule has 1 aliphatic rings. The summed E-state index contributed by atoms with van der Waals surface area (Å²) in [5.41, 5.74) is -1.50. The molecule has 1 heterocycles. The van der Waals surface area contributed by atoms with E-state index in [0.29, 0.717) is 19.2 Å². The number of carbonyl (C=O) groups excluding carboxylic acids is 2. The Morgan fingerprint density at radius 3 is 2.32 bits per heavy atom. The number of alkyl halides is 3. The van der Waals surface area contributed by atoms with Crippen molar-refractivity contribution < 1.29 is 35.9 Å². The quantitative estimate of drug-likeness (QED) is 0.487. The highest BCUT2D eigenvalue weighted by Crippen LogP contribution is 2.29. The topological polar surface area (TPSA) is 80.8 Å². The van der Waals surface area contributed by atoms with Crippen LogP contribution < -0.4 is 0 Å². The highest BCUT2D eigenvalue weighted by Gasteiger charge is 2.32. The first kappa shape index (κ1) is 23.0. The van der Waals surface area contributed by atoms with Crippen molar-refractivity contribution in [3.8, 4) is 0 Å². The van der Waals surface area contributed by atoms with Gasteiger partial charge in [0.15, 0.2) is 12.4 Å². The first-order valence-electron chi connectivity index (χ1n) is 9.57. The first-order valence-corrected chi connectivity index (χ1v) is 11.0. The van der Waals surface area contributed by atoms with Crippen molar-refractivity contribution in [2.45, 2.75) is 30.3 Å². The van der Waals surface area contributed by atoms with Gasteiger partial charge < -0.3 is 4.74 Å². The van der Waals surface area contributed by atoms with Crippen molar-refractivity contribution in [3.63, 3.8) is 0 Å². The summed E-state index contributed by atoms with van der Waals surface area (Å²) >= 11 is 0. The zero-order valence-corrected chi connectivity index (χ0v) is 17.2. The van der Waals surface area contributed by atoms with E-state index < -0.39 is 40.1 Å². The van der Waals surface area contributed by atoms with Gasteiger partial charge in [-0.1, -0.05) is 30.7 Å². The fraction of sp³-hybridized carbons (Fsp3) is 0.333. The average molecular weight is 455 g/mol. The van der Waals surface area contributed by atoms with E-state index in [1.54, 1.807) is 0 Å². The summed E-state index contributed by atoms with van der Waals surface area (Å²) in [5.74, 6) is -1.88. The molecule has 0 spiro atoms. The van der Waals surface area contributed by atoms with Crippen molar-refractivity contribution in [1.82, 2.24) is 4.31 Å². The van der Waals surface area contributed by atoms with Crippen LogP contribution in [0, 0.1) is 0 Å². The Balaban J connectivity index is 1.75. The van der Waals surface area contributed by atoms with Crippen LogP contribution >= 0.6 is 0 Å². The van der Waals surface area contributed by atoms with Crippen molar-refractivity contribution >= 4 is 21.8 Å². The molecule has 2 aromatic carbocycles. The summed E-state index contributed by atoms with van der Waals surface area (Å²) in [7, 11) is -3.93. The van der Waals surface area contributed by atoms with Crippen LogP contribution in [0.2, 0.25) is 0 Å². The zero-order chi connectivity index (χ0) is 22.6. The number of sulfonamides is 1. The highest BCUT2D eigenvalue weighted by molar-refractivity contribution is 7.89. The van der Waals surface area contributed by atoms with Gasteiger partial charge in [-0.25, -0.2) is 13.2 Å². The maximum atomic E-state index is 12.9. The zero-order valence-electron chi connectivity index (χ0n) is 16.4. The van der Waals surface area contributed by atoms with Gasteiger partial charge in [0.05, 0.1) is 16.0 Å². The summed E-state index contributed by atoms with van der Waals surface area (Å²) < 4.78 is 70.6. The van der Waals surface area contributed by atoms with Gasteiger partial charge in [0.25, 0.3) is 0 Å². The molecule has 0 aliphatic carbocycles. The number of carbonyl (C=O) groups is 2. The van der Waals surface area contributed by atoms with Crippen LogP contribution in [0.4, 0.5) is 13.2 Å². The highest BCUT2D eigenvalue weighted by atomic mass is 32.2. The maximum absolute atomic E-state index is 12.9. The van der Waals surface area contributed by atoms with E-state index in [1.165, 1.54) is 34.6 Å². The Morgan fingerprint density at radius 2 is 1.65 bits per heavy atom. The van der Waals surface area contributed by atoms with E-state index in [2.05, 4.69) is 0 Å². The van der Waals surface area contributed by atoms with Crippen LogP contribution in [0.5, 0.6) is 0 Å². The number of esters is 1. The fourth-order valence-corrected chi connectivity index (χ4v) is 4.96. The number of benzene rings is 2. The summed E-state index contributed by atoms with van der Waals surface area (Å²) in [4.78, 5) is 24.5. The Morgan fingerprint density at radius 1 is 0.968 bits per heavy atom. The van der Waals surface area contributed by atoms with Gasteiger partial charge in [-0.05, 0) is 37.1 Å². The van der Waals surface area contributed by atoms with Gasteiger partial charge in [0.2, 0.25) is 10.0 Å². The predicted octanol–water partition coefficient (Wildman–Crippen LogP) is 3.92. The third kappa shape index (κ3) is 5.31. The average Bonchev–Trinajstić information content (AvgIpc) is 2.77. The number of ether oxygens (including phenoxy) is 1. The molecule has 1 aliphatic heterocycles. The van der Waals surface area contributed by atoms with Crippen molar-refractivity contribution in [2.75, 3.05) is 19.7 Å². The maximum Gasteiger partial charge on any atom is 0.416 e. The van der Waals surface area contributed by atoms with E-state index in [4.69, 9.17) is 4.74 Å². The second-order valence-electron chi connectivity index (χ2n) is 7.04. The van der Waals surface area contributed by atoms with Gasteiger partial charge in [-0.2, -0.15) is 17.5 Å². The molecule has 1 saturated heterocycles. The predicted molar refractivity (Wildman–Crippen MR) is 105 cm³/mol. The summed E-state index contributed by atoms with van der Waals surface area (Å²) in [6, 6.07) is 9.25. The molecular formula is C21H20F3NO5S. The molecule has 0 amide bonds. The van der Waals surface area contributed by atoms with E-state index in [-0.39, 0.29) is 16.0 Å². The minimum absolute atomic E-state index is 0.228. The van der Waals surface area contributed by atoms with Gasteiger partial charge in [0, 0.05) is 18.7 Å². The molecule has 6 nitrogen and oxygen atoms in total. The van der Waals surface area contributed by atoms with Crippen molar-refractivity contribution in [2.24, 2.45) is 0 Å². The summed E-state index contributed by atoms with van der Waals surface area (Å²) in [6.07, 6.45) is -2.25. The third-order valence-electron chi connectivity index (χ3n) is 4.89. The normalized spacial score (nSPS) is 15.5. The lowest BCUT2D eigenvalue weighted by atomic mass is 10.1. The standard InChI is InChI=1S/C21H20F3NO5S/c22-21(23,24)16-8-6-7-15(13-16)18(26)14-30-20(27)17-9-2-3-10-19(17)31(28,29)25-11-4-1-5-12-25/h2-3,6-10,13H,1,4-5,11-12,14H2. The summed E-state index contributed by atoms with van der Waals surface area (Å²) in [6.45, 7) is -0.127. The molecule has 2 aromatic rings. The number of halogens is 3. The molecular weight excluding hydrogens is 435 g/mol. The van der Waals surface area contributed by atoms with Crippen molar-refractivity contribution in [3.05, 3.63) is 65.2 Å². The molecule has 0 N–H and O–H groups in total. The molecule has 0 radical (unpaired) electrons. The van der Waals surface area contributed by atoms with Crippen LogP contribution in [0.15, 0.2) is 53.4 Å². The number of ketones is 1. The minimum atomic E-state index is -4.62. The number of hydrogen-bond donors (Lipinski definition) is 0. The monoisotopic (exact) mass is 455 g/mol.